The Labute approximate surface area is 209 Å². The third-order valence-electron chi connectivity index (χ3n) is 5.91. The van der Waals surface area contributed by atoms with Crippen LogP contribution in [-0.2, 0) is 20.8 Å². The minimum atomic E-state index is -1.18. The first kappa shape index (κ1) is 24.8. The summed E-state index contributed by atoms with van der Waals surface area (Å²) in [5, 5.41) is 5.28. The number of nitrogens with zero attached hydrogens (tertiary/aromatic N) is 2. The zero-order chi connectivity index (χ0) is 25.8. The van der Waals surface area contributed by atoms with E-state index < -0.39 is 35.7 Å². The molecule has 36 heavy (non-hydrogen) atoms. The van der Waals surface area contributed by atoms with Gasteiger partial charge in [-0.15, -0.1) is 0 Å². The van der Waals surface area contributed by atoms with Gasteiger partial charge in [-0.3, -0.25) is 14.4 Å². The Morgan fingerprint density at radius 1 is 1.06 bits per heavy atom. The summed E-state index contributed by atoms with van der Waals surface area (Å²) in [7, 11) is 1.63. The number of benzodiazepines with no additional fused rings is 1. The van der Waals surface area contributed by atoms with Crippen molar-refractivity contribution in [1.82, 2.24) is 10.6 Å². The van der Waals surface area contributed by atoms with E-state index in [1.54, 1.807) is 20.0 Å². The Morgan fingerprint density at radius 3 is 2.47 bits per heavy atom. The van der Waals surface area contributed by atoms with Gasteiger partial charge in [-0.1, -0.05) is 54.6 Å². The van der Waals surface area contributed by atoms with E-state index in [4.69, 9.17) is 0 Å². The van der Waals surface area contributed by atoms with Crippen LogP contribution in [-0.4, -0.2) is 42.7 Å². The second-order valence-corrected chi connectivity index (χ2v) is 8.77. The third kappa shape index (κ3) is 5.49. The summed E-state index contributed by atoms with van der Waals surface area (Å²) < 4.78 is 13.6. The average molecular weight is 487 g/mol. The van der Waals surface area contributed by atoms with E-state index in [0.717, 1.165) is 11.1 Å². The maximum Gasteiger partial charge on any atom is 0.272 e. The SMILES string of the molecule is Cc1cc(F)cc(CC(=O)N[C@@H](C)C(=O)N[C@H]2N=C(c3ccccc3)c3ccccc3N(C)C2=O)c1. The molecule has 1 heterocycles. The van der Waals surface area contributed by atoms with Gasteiger partial charge in [0.2, 0.25) is 18.0 Å². The summed E-state index contributed by atoms with van der Waals surface area (Å²) in [6.45, 7) is 3.26. The van der Waals surface area contributed by atoms with Crippen LogP contribution in [0.2, 0.25) is 0 Å². The zero-order valence-corrected chi connectivity index (χ0v) is 20.3. The fourth-order valence-corrected chi connectivity index (χ4v) is 4.16. The molecule has 4 rings (SSSR count). The number of amides is 3. The van der Waals surface area contributed by atoms with E-state index in [1.807, 2.05) is 54.6 Å². The second kappa shape index (κ2) is 10.5. The maximum atomic E-state index is 13.6. The quantitative estimate of drug-likeness (QED) is 0.561. The van der Waals surface area contributed by atoms with Crippen LogP contribution >= 0.6 is 0 Å². The number of likely N-dealkylation sites (N-methyl/N-ethyl adjacent to an activating group) is 1. The molecule has 0 fully saturated rings. The van der Waals surface area contributed by atoms with Crippen molar-refractivity contribution in [1.29, 1.82) is 0 Å². The molecular formula is C28H27FN4O3. The lowest BCUT2D eigenvalue weighted by atomic mass is 10.0. The van der Waals surface area contributed by atoms with Crippen LogP contribution in [0.15, 0.2) is 77.8 Å². The van der Waals surface area contributed by atoms with Gasteiger partial charge in [-0.25, -0.2) is 9.38 Å². The van der Waals surface area contributed by atoms with Gasteiger partial charge in [-0.2, -0.15) is 0 Å². The van der Waals surface area contributed by atoms with Gasteiger partial charge in [-0.05, 0) is 43.2 Å². The maximum absolute atomic E-state index is 13.6. The highest BCUT2D eigenvalue weighted by Crippen LogP contribution is 2.27. The van der Waals surface area contributed by atoms with Crippen molar-refractivity contribution in [3.8, 4) is 0 Å². The number of rotatable bonds is 6. The van der Waals surface area contributed by atoms with Crippen molar-refractivity contribution in [2.75, 3.05) is 11.9 Å². The Kier molecular flexibility index (Phi) is 7.24. The fraction of sp³-hybridized carbons (Fsp3) is 0.214. The molecule has 1 aliphatic heterocycles. The first-order valence-electron chi connectivity index (χ1n) is 11.6. The number of halogens is 1. The molecule has 3 aromatic carbocycles. The molecule has 0 radical (unpaired) electrons. The van der Waals surface area contributed by atoms with Gasteiger partial charge in [0.15, 0.2) is 0 Å². The molecule has 0 spiro atoms. The number of anilines is 1. The lowest BCUT2D eigenvalue weighted by Crippen LogP contribution is -2.52. The molecule has 0 bridgehead atoms. The average Bonchev–Trinajstić information content (AvgIpc) is 2.94. The molecule has 0 unspecified atom stereocenters. The van der Waals surface area contributed by atoms with Crippen LogP contribution in [0.5, 0.6) is 0 Å². The Morgan fingerprint density at radius 2 is 1.75 bits per heavy atom. The van der Waals surface area contributed by atoms with Crippen molar-refractivity contribution in [3.63, 3.8) is 0 Å². The van der Waals surface area contributed by atoms with Gasteiger partial charge < -0.3 is 15.5 Å². The molecular weight excluding hydrogens is 459 g/mol. The molecule has 3 amide bonds. The lowest BCUT2D eigenvalue weighted by Gasteiger charge is -2.22. The fourth-order valence-electron chi connectivity index (χ4n) is 4.16. The Hall–Kier alpha value is -4.33. The van der Waals surface area contributed by atoms with Crippen molar-refractivity contribution >= 4 is 29.1 Å². The number of para-hydroxylation sites is 1. The van der Waals surface area contributed by atoms with E-state index in [9.17, 15) is 18.8 Å². The van der Waals surface area contributed by atoms with Crippen LogP contribution in [0.25, 0.3) is 0 Å². The minimum absolute atomic E-state index is 0.0765. The highest BCUT2D eigenvalue weighted by atomic mass is 19.1. The molecule has 2 N–H and O–H groups in total. The highest BCUT2D eigenvalue weighted by Gasteiger charge is 2.32. The van der Waals surface area contributed by atoms with E-state index in [1.165, 1.54) is 24.0 Å². The summed E-state index contributed by atoms with van der Waals surface area (Å²) >= 11 is 0. The molecule has 0 saturated heterocycles. The normalized spacial score (nSPS) is 15.9. The van der Waals surface area contributed by atoms with Crippen LogP contribution in [0, 0.1) is 12.7 Å². The topological polar surface area (TPSA) is 90.9 Å². The Balaban J connectivity index is 1.53. The molecule has 184 valence electrons. The standard InChI is InChI=1S/C28H27FN4O3/c1-17-13-19(15-21(29)14-17)16-24(34)30-18(2)27(35)32-26-28(36)33(3)23-12-8-7-11-22(23)25(31-26)20-9-5-4-6-10-20/h4-15,18,26H,16H2,1-3H3,(H,30,34)(H,32,35)/t18-,26+/m0/s1. The minimum Gasteiger partial charge on any atom is -0.344 e. The summed E-state index contributed by atoms with van der Waals surface area (Å²) in [6.07, 6.45) is -1.26. The van der Waals surface area contributed by atoms with Crippen molar-refractivity contribution in [3.05, 3.63) is 101 Å². The van der Waals surface area contributed by atoms with E-state index in [-0.39, 0.29) is 6.42 Å². The molecule has 7 nitrogen and oxygen atoms in total. The first-order chi connectivity index (χ1) is 17.2. The number of nitrogens with one attached hydrogen (secondary N) is 2. The third-order valence-corrected chi connectivity index (χ3v) is 5.91. The summed E-state index contributed by atoms with van der Waals surface area (Å²) in [6, 6.07) is 20.3. The largest absolute Gasteiger partial charge is 0.344 e. The summed E-state index contributed by atoms with van der Waals surface area (Å²) in [4.78, 5) is 44.8. The molecule has 2 atom stereocenters. The number of carbonyl (C=O) groups excluding carboxylic acids is 3. The molecule has 3 aromatic rings. The van der Waals surface area contributed by atoms with Gasteiger partial charge >= 0.3 is 0 Å². The van der Waals surface area contributed by atoms with E-state index in [0.29, 0.717) is 22.5 Å². The van der Waals surface area contributed by atoms with Crippen molar-refractivity contribution < 1.29 is 18.8 Å². The van der Waals surface area contributed by atoms with Crippen molar-refractivity contribution in [2.24, 2.45) is 4.99 Å². The van der Waals surface area contributed by atoms with Crippen LogP contribution in [0.4, 0.5) is 10.1 Å². The Bertz CT molecular complexity index is 1320. The van der Waals surface area contributed by atoms with Crippen LogP contribution in [0.1, 0.15) is 29.2 Å². The second-order valence-electron chi connectivity index (χ2n) is 8.77. The smallest absolute Gasteiger partial charge is 0.272 e. The predicted octanol–water partition coefficient (Wildman–Crippen LogP) is 3.14. The van der Waals surface area contributed by atoms with Gasteiger partial charge in [0, 0.05) is 18.2 Å². The van der Waals surface area contributed by atoms with Crippen molar-refractivity contribution in [2.45, 2.75) is 32.5 Å². The first-order valence-corrected chi connectivity index (χ1v) is 11.6. The lowest BCUT2D eigenvalue weighted by molar-refractivity contribution is -0.130. The zero-order valence-electron chi connectivity index (χ0n) is 20.3. The molecule has 0 aromatic heterocycles. The molecule has 1 aliphatic rings. The number of aryl methyl sites for hydroxylation is 1. The number of carbonyl (C=O) groups is 3. The molecule has 0 saturated carbocycles. The van der Waals surface area contributed by atoms with Crippen LogP contribution < -0.4 is 15.5 Å². The number of hydrogen-bond acceptors (Lipinski definition) is 4. The number of benzene rings is 3. The van der Waals surface area contributed by atoms with Gasteiger partial charge in [0.1, 0.15) is 11.9 Å². The van der Waals surface area contributed by atoms with E-state index >= 15 is 0 Å². The van der Waals surface area contributed by atoms with E-state index in [2.05, 4.69) is 15.6 Å². The molecule has 8 heteroatoms. The van der Waals surface area contributed by atoms with Gasteiger partial charge in [0.25, 0.3) is 5.91 Å². The highest BCUT2D eigenvalue weighted by molar-refractivity contribution is 6.20. The number of aliphatic imine (C=N–C) groups is 1. The summed E-state index contributed by atoms with van der Waals surface area (Å²) in [5.41, 5.74) is 4.03. The summed E-state index contributed by atoms with van der Waals surface area (Å²) in [5.74, 6) is -1.83. The van der Waals surface area contributed by atoms with Crippen LogP contribution in [0.3, 0.4) is 0 Å². The monoisotopic (exact) mass is 486 g/mol. The predicted molar refractivity (Wildman–Crippen MR) is 136 cm³/mol. The molecule has 0 aliphatic carbocycles. The van der Waals surface area contributed by atoms with Gasteiger partial charge in [0.05, 0.1) is 17.8 Å². The number of fused-ring (bicyclic) bond motifs is 1. The number of hydrogen-bond donors (Lipinski definition) is 2.